The number of rotatable bonds is 2. The van der Waals surface area contributed by atoms with Gasteiger partial charge < -0.3 is 10.6 Å². The molecule has 0 saturated carbocycles. The Morgan fingerprint density at radius 3 is 2.76 bits per heavy atom. The van der Waals surface area contributed by atoms with Crippen molar-refractivity contribution in [3.05, 3.63) is 63.9 Å². The van der Waals surface area contributed by atoms with Gasteiger partial charge in [-0.3, -0.25) is 4.99 Å². The lowest BCUT2D eigenvalue weighted by Gasteiger charge is -2.27. The maximum Gasteiger partial charge on any atom is 0.196 e. The van der Waals surface area contributed by atoms with Gasteiger partial charge in [0, 0.05) is 15.7 Å². The summed E-state index contributed by atoms with van der Waals surface area (Å²) < 4.78 is 13.5. The van der Waals surface area contributed by atoms with Crippen molar-refractivity contribution in [3.8, 4) is 0 Å². The lowest BCUT2D eigenvalue weighted by molar-refractivity contribution is 0.626. The number of guanidine groups is 1. The van der Waals surface area contributed by atoms with Crippen molar-refractivity contribution in [3.63, 3.8) is 0 Å². The van der Waals surface area contributed by atoms with Crippen molar-refractivity contribution in [1.82, 2.24) is 0 Å². The molecule has 0 amide bonds. The van der Waals surface area contributed by atoms with E-state index in [0.717, 1.165) is 5.56 Å². The van der Waals surface area contributed by atoms with Crippen LogP contribution in [0.2, 0.25) is 10.0 Å². The van der Waals surface area contributed by atoms with Crippen molar-refractivity contribution in [1.29, 1.82) is 0 Å². The van der Waals surface area contributed by atoms with Crippen LogP contribution in [0.5, 0.6) is 0 Å². The van der Waals surface area contributed by atoms with Crippen LogP contribution >= 0.6 is 23.2 Å². The minimum absolute atomic E-state index is 0.196. The molecule has 3 rings (SSSR count). The van der Waals surface area contributed by atoms with Crippen LogP contribution < -0.4 is 10.6 Å². The molecule has 2 aromatic carbocycles. The first-order valence-electron chi connectivity index (χ1n) is 6.36. The van der Waals surface area contributed by atoms with Crippen LogP contribution in [0, 0.1) is 5.82 Å². The molecule has 1 atom stereocenters. The van der Waals surface area contributed by atoms with Crippen LogP contribution in [0.15, 0.2) is 47.5 Å². The topological polar surface area (TPSA) is 41.6 Å². The van der Waals surface area contributed by atoms with Crippen LogP contribution in [0.25, 0.3) is 0 Å². The summed E-state index contributed by atoms with van der Waals surface area (Å²) in [7, 11) is 0. The summed E-state index contributed by atoms with van der Waals surface area (Å²) in [4.78, 5) is 6.01. The second-order valence-corrected chi connectivity index (χ2v) is 5.57. The molecule has 1 aliphatic heterocycles. The number of halogens is 3. The molecule has 0 radical (unpaired) electrons. The summed E-state index contributed by atoms with van der Waals surface area (Å²) in [6.07, 6.45) is 0. The largest absolute Gasteiger partial charge is 0.369 e. The highest BCUT2D eigenvalue weighted by Gasteiger charge is 2.30. The van der Waals surface area contributed by atoms with Crippen molar-refractivity contribution in [2.75, 3.05) is 11.4 Å². The van der Waals surface area contributed by atoms with Gasteiger partial charge in [-0.15, -0.1) is 0 Å². The Kier molecular flexibility index (Phi) is 3.74. The summed E-state index contributed by atoms with van der Waals surface area (Å²) in [5.74, 6) is 0.00443. The highest BCUT2D eigenvalue weighted by atomic mass is 35.5. The number of aliphatic imine (C=N–C) groups is 1. The molecule has 6 heteroatoms. The number of nitrogens with two attached hydrogens (primary N) is 1. The molecule has 3 nitrogen and oxygen atoms in total. The van der Waals surface area contributed by atoms with Gasteiger partial charge in [0.05, 0.1) is 12.6 Å². The third-order valence-corrected chi connectivity index (χ3v) is 3.97. The average molecular weight is 324 g/mol. The Hall–Kier alpha value is -1.78. The van der Waals surface area contributed by atoms with Gasteiger partial charge in [0.2, 0.25) is 0 Å². The van der Waals surface area contributed by atoms with Gasteiger partial charge >= 0.3 is 0 Å². The maximum absolute atomic E-state index is 13.5. The van der Waals surface area contributed by atoms with Crippen LogP contribution in [-0.4, -0.2) is 12.5 Å². The summed E-state index contributed by atoms with van der Waals surface area (Å²) in [6, 6.07) is 11.3. The molecule has 21 heavy (non-hydrogen) atoms. The molecule has 0 aliphatic carbocycles. The molecule has 2 N–H and O–H groups in total. The van der Waals surface area contributed by atoms with Crippen LogP contribution in [0.1, 0.15) is 11.6 Å². The molecule has 0 fully saturated rings. The standard InChI is InChI=1S/C15H12Cl2FN3/c16-9-4-5-13(17)12(6-9)14-8-20-15(19)21(14)11-3-1-2-10(18)7-11/h1-7,14H,8H2,(H2,19,20). The molecule has 2 aromatic rings. The quantitative estimate of drug-likeness (QED) is 0.907. The van der Waals surface area contributed by atoms with E-state index in [2.05, 4.69) is 4.99 Å². The van der Waals surface area contributed by atoms with E-state index in [4.69, 9.17) is 28.9 Å². The van der Waals surface area contributed by atoms with Gasteiger partial charge in [-0.2, -0.15) is 0 Å². The van der Waals surface area contributed by atoms with E-state index in [0.29, 0.717) is 28.2 Å². The van der Waals surface area contributed by atoms with Gasteiger partial charge in [0.1, 0.15) is 5.82 Å². The first-order valence-corrected chi connectivity index (χ1v) is 7.11. The highest BCUT2D eigenvalue weighted by molar-refractivity contribution is 6.33. The zero-order chi connectivity index (χ0) is 15.0. The highest BCUT2D eigenvalue weighted by Crippen LogP contribution is 2.36. The molecule has 1 unspecified atom stereocenters. The second kappa shape index (κ2) is 5.54. The summed E-state index contributed by atoms with van der Waals surface area (Å²) in [5, 5.41) is 1.16. The van der Waals surface area contributed by atoms with Gasteiger partial charge in [-0.1, -0.05) is 29.3 Å². The zero-order valence-electron chi connectivity index (χ0n) is 10.9. The molecule has 108 valence electrons. The van der Waals surface area contributed by atoms with Crippen molar-refractivity contribution >= 4 is 34.8 Å². The maximum atomic E-state index is 13.5. The van der Waals surface area contributed by atoms with Crippen molar-refractivity contribution in [2.45, 2.75) is 6.04 Å². The van der Waals surface area contributed by atoms with E-state index >= 15 is 0 Å². The minimum Gasteiger partial charge on any atom is -0.369 e. The summed E-state index contributed by atoms with van der Waals surface area (Å²) in [6.45, 7) is 0.447. The molecule has 0 saturated heterocycles. The van der Waals surface area contributed by atoms with Gasteiger partial charge in [0.15, 0.2) is 5.96 Å². The predicted molar refractivity (Wildman–Crippen MR) is 84.6 cm³/mol. The molecule has 0 bridgehead atoms. The summed E-state index contributed by atoms with van der Waals surface area (Å²) >= 11 is 12.3. The number of benzene rings is 2. The predicted octanol–water partition coefficient (Wildman–Crippen LogP) is 4.01. The smallest absolute Gasteiger partial charge is 0.196 e. The molecular weight excluding hydrogens is 312 g/mol. The number of hydrogen-bond acceptors (Lipinski definition) is 3. The monoisotopic (exact) mass is 323 g/mol. The fourth-order valence-corrected chi connectivity index (χ4v) is 2.87. The Morgan fingerprint density at radius 2 is 2.00 bits per heavy atom. The molecule has 0 spiro atoms. The molecule has 1 aliphatic rings. The van der Waals surface area contributed by atoms with Crippen molar-refractivity contribution < 1.29 is 4.39 Å². The SMILES string of the molecule is NC1=NCC(c2cc(Cl)ccc2Cl)N1c1cccc(F)c1. The van der Waals surface area contributed by atoms with E-state index in [1.807, 2.05) is 0 Å². The van der Waals surface area contributed by atoms with E-state index in [1.165, 1.54) is 12.1 Å². The third kappa shape index (κ3) is 2.69. The minimum atomic E-state index is -0.330. The fraction of sp³-hybridized carbons (Fsp3) is 0.133. The number of anilines is 1. The van der Waals surface area contributed by atoms with Gasteiger partial charge in [0.25, 0.3) is 0 Å². The van der Waals surface area contributed by atoms with Crippen LogP contribution in [-0.2, 0) is 0 Å². The number of hydrogen-bond donors (Lipinski definition) is 1. The second-order valence-electron chi connectivity index (χ2n) is 4.73. The first kappa shape index (κ1) is 14.2. The normalized spacial score (nSPS) is 18.0. The first-order chi connectivity index (χ1) is 10.1. The number of nitrogens with zero attached hydrogens (tertiary/aromatic N) is 2. The van der Waals surface area contributed by atoms with Crippen LogP contribution in [0.4, 0.5) is 10.1 Å². The molecule has 1 heterocycles. The third-order valence-electron chi connectivity index (χ3n) is 3.39. The summed E-state index contributed by atoms with van der Waals surface area (Å²) in [5.41, 5.74) is 7.41. The molecule has 0 aromatic heterocycles. The Morgan fingerprint density at radius 1 is 1.19 bits per heavy atom. The Bertz CT molecular complexity index is 718. The van der Waals surface area contributed by atoms with Gasteiger partial charge in [-0.25, -0.2) is 4.39 Å². The lowest BCUT2D eigenvalue weighted by Crippen LogP contribution is -2.36. The van der Waals surface area contributed by atoms with E-state index < -0.39 is 0 Å². The average Bonchev–Trinajstić information content (AvgIpc) is 2.83. The van der Waals surface area contributed by atoms with Crippen molar-refractivity contribution in [2.24, 2.45) is 10.7 Å². The van der Waals surface area contributed by atoms with Gasteiger partial charge in [-0.05, 0) is 42.0 Å². The van der Waals surface area contributed by atoms with E-state index in [9.17, 15) is 4.39 Å². The Balaban J connectivity index is 2.05. The lowest BCUT2D eigenvalue weighted by atomic mass is 10.1. The zero-order valence-corrected chi connectivity index (χ0v) is 12.4. The van der Waals surface area contributed by atoms with E-state index in [-0.39, 0.29) is 11.9 Å². The fourth-order valence-electron chi connectivity index (χ4n) is 2.44. The van der Waals surface area contributed by atoms with Crippen LogP contribution in [0.3, 0.4) is 0 Å². The molecular formula is C15H12Cl2FN3. The van der Waals surface area contributed by atoms with E-state index in [1.54, 1.807) is 35.2 Å². The Labute approximate surface area is 131 Å².